The Morgan fingerprint density at radius 3 is 2.63 bits per heavy atom. The number of halogens is 1. The van der Waals surface area contributed by atoms with Crippen molar-refractivity contribution in [2.24, 2.45) is 0 Å². The van der Waals surface area contributed by atoms with E-state index in [1.165, 1.54) is 0 Å². The van der Waals surface area contributed by atoms with Gasteiger partial charge in [-0.3, -0.25) is 4.79 Å². The molecule has 19 heavy (non-hydrogen) atoms. The lowest BCUT2D eigenvalue weighted by Crippen LogP contribution is -2.36. The first-order valence-corrected chi connectivity index (χ1v) is 6.88. The maximum absolute atomic E-state index is 11.5. The van der Waals surface area contributed by atoms with Crippen LogP contribution in [0.4, 0.5) is 5.69 Å². The van der Waals surface area contributed by atoms with Gasteiger partial charge in [-0.25, -0.2) is 0 Å². The zero-order valence-corrected chi connectivity index (χ0v) is 12.5. The third kappa shape index (κ3) is 4.73. The van der Waals surface area contributed by atoms with E-state index in [0.717, 1.165) is 30.8 Å². The van der Waals surface area contributed by atoms with Crippen molar-refractivity contribution in [2.75, 3.05) is 32.1 Å². The van der Waals surface area contributed by atoms with Crippen molar-refractivity contribution >= 4 is 23.2 Å². The summed E-state index contributed by atoms with van der Waals surface area (Å²) < 4.78 is 0. The Morgan fingerprint density at radius 1 is 1.37 bits per heavy atom. The number of carbonyl (C=O) groups is 1. The molecule has 0 fully saturated rings. The minimum atomic E-state index is -0.0104. The normalized spacial score (nSPS) is 10.3. The van der Waals surface area contributed by atoms with E-state index >= 15 is 0 Å². The SMILES string of the molecule is CCCN(CC(=O)NC)c1ccc(CNC)cc1Cl. The Balaban J connectivity index is 2.92. The van der Waals surface area contributed by atoms with Crippen LogP contribution < -0.4 is 15.5 Å². The molecule has 1 aromatic carbocycles. The van der Waals surface area contributed by atoms with Gasteiger partial charge in [-0.05, 0) is 31.2 Å². The van der Waals surface area contributed by atoms with E-state index in [1.807, 2.05) is 30.1 Å². The highest BCUT2D eigenvalue weighted by Crippen LogP contribution is 2.27. The van der Waals surface area contributed by atoms with Gasteiger partial charge in [0.1, 0.15) is 0 Å². The molecule has 0 aliphatic carbocycles. The summed E-state index contributed by atoms with van der Waals surface area (Å²) in [5, 5.41) is 6.42. The number of nitrogens with zero attached hydrogens (tertiary/aromatic N) is 1. The van der Waals surface area contributed by atoms with Crippen molar-refractivity contribution in [1.82, 2.24) is 10.6 Å². The van der Waals surface area contributed by atoms with Crippen molar-refractivity contribution in [2.45, 2.75) is 19.9 Å². The standard InChI is InChI=1S/C14H22ClN3O/c1-4-7-18(10-14(19)17-3)13-6-5-11(9-16-2)8-12(13)15/h5-6,8,16H,4,7,9-10H2,1-3H3,(H,17,19). The Kier molecular flexibility index (Phi) is 6.67. The Labute approximate surface area is 120 Å². The molecule has 0 atom stereocenters. The number of anilines is 1. The highest BCUT2D eigenvalue weighted by atomic mass is 35.5. The third-order valence-electron chi connectivity index (χ3n) is 2.84. The van der Waals surface area contributed by atoms with Crippen LogP contribution in [0, 0.1) is 0 Å². The smallest absolute Gasteiger partial charge is 0.239 e. The molecule has 0 heterocycles. The average Bonchev–Trinajstić information content (AvgIpc) is 2.39. The third-order valence-corrected chi connectivity index (χ3v) is 3.14. The fourth-order valence-electron chi connectivity index (χ4n) is 1.93. The Morgan fingerprint density at radius 2 is 2.11 bits per heavy atom. The molecule has 0 unspecified atom stereocenters. The number of hydrogen-bond acceptors (Lipinski definition) is 3. The molecular formula is C14H22ClN3O. The quantitative estimate of drug-likeness (QED) is 0.805. The molecule has 1 amide bonds. The average molecular weight is 284 g/mol. The number of hydrogen-bond donors (Lipinski definition) is 2. The zero-order valence-electron chi connectivity index (χ0n) is 11.8. The summed E-state index contributed by atoms with van der Waals surface area (Å²) in [4.78, 5) is 13.5. The molecule has 0 saturated carbocycles. The molecule has 1 rings (SSSR count). The number of nitrogens with one attached hydrogen (secondary N) is 2. The molecule has 0 aromatic heterocycles. The predicted molar refractivity (Wildman–Crippen MR) is 80.8 cm³/mol. The summed E-state index contributed by atoms with van der Waals surface area (Å²) in [6.07, 6.45) is 0.964. The lowest BCUT2D eigenvalue weighted by Gasteiger charge is -2.24. The van der Waals surface area contributed by atoms with Gasteiger partial charge in [0.05, 0.1) is 17.3 Å². The predicted octanol–water partition coefficient (Wildman–Crippen LogP) is 2.02. The van der Waals surface area contributed by atoms with Gasteiger partial charge in [0, 0.05) is 20.1 Å². The molecule has 0 aliphatic rings. The van der Waals surface area contributed by atoms with E-state index < -0.39 is 0 Å². The molecule has 1 aromatic rings. The van der Waals surface area contributed by atoms with Crippen LogP contribution in [0.15, 0.2) is 18.2 Å². The van der Waals surface area contributed by atoms with Gasteiger partial charge in [0.15, 0.2) is 0 Å². The van der Waals surface area contributed by atoms with E-state index in [-0.39, 0.29) is 5.91 Å². The number of benzene rings is 1. The summed E-state index contributed by atoms with van der Waals surface area (Å²) in [5.41, 5.74) is 2.04. The maximum Gasteiger partial charge on any atom is 0.239 e. The molecule has 0 radical (unpaired) electrons. The highest BCUT2D eigenvalue weighted by molar-refractivity contribution is 6.33. The minimum absolute atomic E-state index is 0.0104. The first-order valence-electron chi connectivity index (χ1n) is 6.50. The second kappa shape index (κ2) is 8.02. The van der Waals surface area contributed by atoms with Gasteiger partial charge >= 0.3 is 0 Å². The van der Waals surface area contributed by atoms with Gasteiger partial charge in [-0.2, -0.15) is 0 Å². The van der Waals surface area contributed by atoms with Crippen molar-refractivity contribution in [1.29, 1.82) is 0 Å². The minimum Gasteiger partial charge on any atom is -0.361 e. The molecular weight excluding hydrogens is 262 g/mol. The van der Waals surface area contributed by atoms with Gasteiger partial charge < -0.3 is 15.5 Å². The van der Waals surface area contributed by atoms with Crippen LogP contribution in [0.5, 0.6) is 0 Å². The summed E-state index contributed by atoms with van der Waals surface area (Å²) in [7, 11) is 3.54. The number of likely N-dealkylation sites (N-methyl/N-ethyl adjacent to an activating group) is 1. The summed E-state index contributed by atoms with van der Waals surface area (Å²) >= 11 is 6.32. The van der Waals surface area contributed by atoms with Crippen molar-refractivity contribution < 1.29 is 4.79 Å². The molecule has 0 bridgehead atoms. The first-order chi connectivity index (χ1) is 9.12. The van der Waals surface area contributed by atoms with Gasteiger partial charge in [0.2, 0.25) is 5.91 Å². The second-order valence-corrected chi connectivity index (χ2v) is 4.82. The molecule has 2 N–H and O–H groups in total. The van der Waals surface area contributed by atoms with Crippen molar-refractivity contribution in [3.8, 4) is 0 Å². The molecule has 0 aliphatic heterocycles. The number of amides is 1. The van der Waals surface area contributed by atoms with E-state index in [9.17, 15) is 4.79 Å². The molecule has 5 heteroatoms. The topological polar surface area (TPSA) is 44.4 Å². The first kappa shape index (κ1) is 15.8. The van der Waals surface area contributed by atoms with E-state index in [0.29, 0.717) is 11.6 Å². The van der Waals surface area contributed by atoms with Crippen molar-refractivity contribution in [3.63, 3.8) is 0 Å². The monoisotopic (exact) mass is 283 g/mol. The zero-order chi connectivity index (χ0) is 14.3. The lowest BCUT2D eigenvalue weighted by atomic mass is 10.2. The maximum atomic E-state index is 11.5. The lowest BCUT2D eigenvalue weighted by molar-refractivity contribution is -0.119. The molecule has 0 saturated heterocycles. The van der Waals surface area contributed by atoms with Crippen LogP contribution in [0.3, 0.4) is 0 Å². The van der Waals surface area contributed by atoms with Crippen LogP contribution >= 0.6 is 11.6 Å². The second-order valence-electron chi connectivity index (χ2n) is 4.41. The van der Waals surface area contributed by atoms with E-state index in [2.05, 4.69) is 17.6 Å². The fraction of sp³-hybridized carbons (Fsp3) is 0.500. The molecule has 106 valence electrons. The summed E-state index contributed by atoms with van der Waals surface area (Å²) in [6.45, 7) is 4.00. The largest absolute Gasteiger partial charge is 0.361 e. The Hall–Kier alpha value is -1.26. The number of carbonyl (C=O) groups excluding carboxylic acids is 1. The Bertz CT molecular complexity index is 423. The van der Waals surface area contributed by atoms with Gasteiger partial charge in [-0.1, -0.05) is 24.6 Å². The molecule has 0 spiro atoms. The van der Waals surface area contributed by atoms with Gasteiger partial charge in [0.25, 0.3) is 0 Å². The van der Waals surface area contributed by atoms with Crippen LogP contribution in [0.2, 0.25) is 5.02 Å². The van der Waals surface area contributed by atoms with E-state index in [1.54, 1.807) is 7.05 Å². The van der Waals surface area contributed by atoms with Crippen LogP contribution in [0.1, 0.15) is 18.9 Å². The highest BCUT2D eigenvalue weighted by Gasteiger charge is 2.13. The summed E-state index contributed by atoms with van der Waals surface area (Å²) in [6, 6.07) is 5.96. The fourth-order valence-corrected chi connectivity index (χ4v) is 2.25. The van der Waals surface area contributed by atoms with Crippen LogP contribution in [0.25, 0.3) is 0 Å². The summed E-state index contributed by atoms with van der Waals surface area (Å²) in [5.74, 6) is -0.0104. The van der Waals surface area contributed by atoms with Crippen molar-refractivity contribution in [3.05, 3.63) is 28.8 Å². The molecule has 4 nitrogen and oxygen atoms in total. The van der Waals surface area contributed by atoms with Crippen LogP contribution in [-0.2, 0) is 11.3 Å². The van der Waals surface area contributed by atoms with Gasteiger partial charge in [-0.15, -0.1) is 0 Å². The number of rotatable bonds is 7. The van der Waals surface area contributed by atoms with Crippen LogP contribution in [-0.4, -0.2) is 33.1 Å². The van der Waals surface area contributed by atoms with E-state index in [4.69, 9.17) is 11.6 Å².